The van der Waals surface area contributed by atoms with E-state index in [1.165, 1.54) is 5.56 Å². The summed E-state index contributed by atoms with van der Waals surface area (Å²) in [6.07, 6.45) is 1.99. The molecule has 0 atom stereocenters. The maximum Gasteiger partial charge on any atom is 0.128 e. The summed E-state index contributed by atoms with van der Waals surface area (Å²) >= 11 is 0. The lowest BCUT2D eigenvalue weighted by molar-refractivity contribution is 0.410. The standard InChI is InChI=1S/C17H23N3O/c1-3-12-18-16-9-6-10-17(20-16)19-13-11-14-7-4-5-8-15(14)21-2/h4-10H,3,11-13H2,1-2H3,(H2,18,19,20). The van der Waals surface area contributed by atoms with Crippen LogP contribution < -0.4 is 15.4 Å². The number of nitrogens with zero attached hydrogens (tertiary/aromatic N) is 1. The van der Waals surface area contributed by atoms with Crippen molar-refractivity contribution < 1.29 is 4.74 Å². The first-order valence-corrected chi connectivity index (χ1v) is 7.40. The zero-order valence-electron chi connectivity index (χ0n) is 12.7. The van der Waals surface area contributed by atoms with E-state index in [0.29, 0.717) is 0 Å². The molecule has 112 valence electrons. The highest BCUT2D eigenvalue weighted by Gasteiger charge is 2.02. The second-order valence-electron chi connectivity index (χ2n) is 4.82. The summed E-state index contributed by atoms with van der Waals surface area (Å²) in [5.74, 6) is 2.75. The first-order chi connectivity index (χ1) is 10.3. The summed E-state index contributed by atoms with van der Waals surface area (Å²) in [6.45, 7) is 3.91. The maximum atomic E-state index is 5.36. The van der Waals surface area contributed by atoms with Crippen LogP contribution in [-0.2, 0) is 6.42 Å². The number of ether oxygens (including phenoxy) is 1. The molecule has 2 aromatic rings. The van der Waals surface area contributed by atoms with Crippen LogP contribution in [0.4, 0.5) is 11.6 Å². The number of aromatic nitrogens is 1. The zero-order chi connectivity index (χ0) is 14.9. The number of methoxy groups -OCH3 is 1. The Kier molecular flexibility index (Phi) is 5.88. The predicted molar refractivity (Wildman–Crippen MR) is 88.2 cm³/mol. The molecule has 0 aliphatic heterocycles. The van der Waals surface area contributed by atoms with Crippen molar-refractivity contribution >= 4 is 11.6 Å². The fraction of sp³-hybridized carbons (Fsp3) is 0.353. The van der Waals surface area contributed by atoms with E-state index in [-0.39, 0.29) is 0 Å². The van der Waals surface area contributed by atoms with E-state index in [2.05, 4.69) is 28.6 Å². The Balaban J connectivity index is 1.88. The largest absolute Gasteiger partial charge is 0.496 e. The fourth-order valence-electron chi connectivity index (χ4n) is 2.12. The lowest BCUT2D eigenvalue weighted by atomic mass is 10.1. The monoisotopic (exact) mass is 285 g/mol. The van der Waals surface area contributed by atoms with Gasteiger partial charge in [-0.1, -0.05) is 31.2 Å². The minimum absolute atomic E-state index is 0.824. The molecule has 0 unspecified atom stereocenters. The molecule has 1 heterocycles. The van der Waals surface area contributed by atoms with Crippen molar-refractivity contribution in [2.45, 2.75) is 19.8 Å². The van der Waals surface area contributed by atoms with Crippen LogP contribution >= 0.6 is 0 Å². The number of benzene rings is 1. The third kappa shape index (κ3) is 4.67. The molecule has 0 spiro atoms. The minimum Gasteiger partial charge on any atom is -0.496 e. The minimum atomic E-state index is 0.824. The van der Waals surface area contributed by atoms with Gasteiger partial charge in [-0.3, -0.25) is 0 Å². The summed E-state index contributed by atoms with van der Waals surface area (Å²) in [4.78, 5) is 4.53. The Hall–Kier alpha value is -2.23. The smallest absolute Gasteiger partial charge is 0.128 e. The molecule has 0 radical (unpaired) electrons. The van der Waals surface area contributed by atoms with E-state index in [1.807, 2.05) is 36.4 Å². The number of hydrogen-bond acceptors (Lipinski definition) is 4. The Morgan fingerprint density at radius 1 is 0.952 bits per heavy atom. The Morgan fingerprint density at radius 2 is 1.67 bits per heavy atom. The van der Waals surface area contributed by atoms with Crippen molar-refractivity contribution in [1.82, 2.24) is 4.98 Å². The van der Waals surface area contributed by atoms with Crippen molar-refractivity contribution in [3.8, 4) is 5.75 Å². The van der Waals surface area contributed by atoms with Gasteiger partial charge >= 0.3 is 0 Å². The quantitative estimate of drug-likeness (QED) is 0.778. The predicted octanol–water partition coefficient (Wildman–Crippen LogP) is 3.57. The summed E-state index contributed by atoms with van der Waals surface area (Å²) < 4.78 is 5.36. The van der Waals surface area contributed by atoms with Crippen LogP contribution in [0.25, 0.3) is 0 Å². The summed E-state index contributed by atoms with van der Waals surface area (Å²) in [5, 5.41) is 6.64. The van der Waals surface area contributed by atoms with Crippen LogP contribution in [0, 0.1) is 0 Å². The second kappa shape index (κ2) is 8.15. The van der Waals surface area contributed by atoms with Crippen molar-refractivity contribution in [1.29, 1.82) is 0 Å². The van der Waals surface area contributed by atoms with Gasteiger partial charge < -0.3 is 15.4 Å². The van der Waals surface area contributed by atoms with Crippen molar-refractivity contribution in [3.05, 3.63) is 48.0 Å². The van der Waals surface area contributed by atoms with Gasteiger partial charge in [0.15, 0.2) is 0 Å². The maximum absolute atomic E-state index is 5.36. The molecule has 0 saturated carbocycles. The average molecular weight is 285 g/mol. The van der Waals surface area contributed by atoms with E-state index in [9.17, 15) is 0 Å². The zero-order valence-corrected chi connectivity index (χ0v) is 12.7. The molecular formula is C17H23N3O. The van der Waals surface area contributed by atoms with E-state index < -0.39 is 0 Å². The van der Waals surface area contributed by atoms with Crippen LogP contribution in [0.15, 0.2) is 42.5 Å². The number of anilines is 2. The lowest BCUT2D eigenvalue weighted by Gasteiger charge is -2.10. The molecule has 0 aliphatic rings. The second-order valence-corrected chi connectivity index (χ2v) is 4.82. The first-order valence-electron chi connectivity index (χ1n) is 7.40. The van der Waals surface area contributed by atoms with Crippen molar-refractivity contribution in [3.63, 3.8) is 0 Å². The molecule has 0 amide bonds. The van der Waals surface area contributed by atoms with E-state index in [1.54, 1.807) is 7.11 Å². The molecule has 2 rings (SSSR count). The van der Waals surface area contributed by atoms with Gasteiger partial charge in [0.1, 0.15) is 17.4 Å². The van der Waals surface area contributed by atoms with E-state index in [0.717, 1.165) is 43.3 Å². The van der Waals surface area contributed by atoms with Gasteiger partial charge in [0.25, 0.3) is 0 Å². The summed E-state index contributed by atoms with van der Waals surface area (Å²) in [5.41, 5.74) is 1.20. The molecule has 1 aromatic heterocycles. The number of para-hydroxylation sites is 1. The molecular weight excluding hydrogens is 262 g/mol. The molecule has 0 saturated heterocycles. The fourth-order valence-corrected chi connectivity index (χ4v) is 2.12. The molecule has 0 aliphatic carbocycles. The molecule has 4 nitrogen and oxygen atoms in total. The highest BCUT2D eigenvalue weighted by Crippen LogP contribution is 2.18. The third-order valence-corrected chi connectivity index (χ3v) is 3.20. The van der Waals surface area contributed by atoms with Crippen LogP contribution in [0.5, 0.6) is 5.75 Å². The van der Waals surface area contributed by atoms with Crippen molar-refractivity contribution in [2.24, 2.45) is 0 Å². The van der Waals surface area contributed by atoms with Gasteiger partial charge in [0.05, 0.1) is 7.11 Å². The van der Waals surface area contributed by atoms with Gasteiger partial charge in [0.2, 0.25) is 0 Å². The van der Waals surface area contributed by atoms with E-state index >= 15 is 0 Å². The molecule has 0 fully saturated rings. The van der Waals surface area contributed by atoms with Crippen LogP contribution in [0.1, 0.15) is 18.9 Å². The molecule has 2 N–H and O–H groups in total. The molecule has 4 heteroatoms. The Bertz CT molecular complexity index is 557. The molecule has 1 aromatic carbocycles. The van der Waals surface area contributed by atoms with Gasteiger partial charge in [-0.2, -0.15) is 0 Å². The van der Waals surface area contributed by atoms with E-state index in [4.69, 9.17) is 4.74 Å². The lowest BCUT2D eigenvalue weighted by Crippen LogP contribution is -2.08. The van der Waals surface area contributed by atoms with Gasteiger partial charge in [-0.05, 0) is 36.6 Å². The Morgan fingerprint density at radius 3 is 2.38 bits per heavy atom. The number of pyridine rings is 1. The number of hydrogen-bond donors (Lipinski definition) is 2. The SMILES string of the molecule is CCCNc1cccc(NCCc2ccccc2OC)n1. The molecule has 0 bridgehead atoms. The van der Waals surface area contributed by atoms with Gasteiger partial charge in [-0.25, -0.2) is 4.98 Å². The average Bonchev–Trinajstić information content (AvgIpc) is 2.54. The molecule has 21 heavy (non-hydrogen) atoms. The first kappa shape index (κ1) is 15.2. The Labute approximate surface area is 126 Å². The normalized spacial score (nSPS) is 10.2. The van der Waals surface area contributed by atoms with Crippen LogP contribution in [0.3, 0.4) is 0 Å². The van der Waals surface area contributed by atoms with Crippen LogP contribution in [0.2, 0.25) is 0 Å². The summed E-state index contributed by atoms with van der Waals surface area (Å²) in [6, 6.07) is 14.1. The van der Waals surface area contributed by atoms with Crippen LogP contribution in [-0.4, -0.2) is 25.2 Å². The summed E-state index contributed by atoms with van der Waals surface area (Å²) in [7, 11) is 1.71. The highest BCUT2D eigenvalue weighted by molar-refractivity contribution is 5.45. The highest BCUT2D eigenvalue weighted by atomic mass is 16.5. The van der Waals surface area contributed by atoms with Gasteiger partial charge in [0, 0.05) is 13.1 Å². The number of nitrogens with one attached hydrogen (secondary N) is 2. The third-order valence-electron chi connectivity index (χ3n) is 3.20. The number of rotatable bonds is 8. The van der Waals surface area contributed by atoms with Gasteiger partial charge in [-0.15, -0.1) is 0 Å². The van der Waals surface area contributed by atoms with Crippen molar-refractivity contribution in [2.75, 3.05) is 30.8 Å². The topological polar surface area (TPSA) is 46.2 Å².